The molecule has 1 aliphatic heterocycles. The third-order valence-electron chi connectivity index (χ3n) is 3.17. The number of aromatic nitrogens is 2. The van der Waals surface area contributed by atoms with Crippen molar-refractivity contribution in [3.05, 3.63) is 40.9 Å². The average molecular weight is 311 g/mol. The van der Waals surface area contributed by atoms with Gasteiger partial charge >= 0.3 is 0 Å². The van der Waals surface area contributed by atoms with Crippen molar-refractivity contribution in [3.63, 3.8) is 0 Å². The Morgan fingerprint density at radius 3 is 3.05 bits per heavy atom. The quantitative estimate of drug-likeness (QED) is 0.483. The first-order valence-corrected chi connectivity index (χ1v) is 7.15. The molecule has 20 heavy (non-hydrogen) atoms. The zero-order valence-electron chi connectivity index (χ0n) is 11.3. The molecule has 0 bridgehead atoms. The summed E-state index contributed by atoms with van der Waals surface area (Å²) in [5.41, 5.74) is 1.03. The molecule has 4 nitrogen and oxygen atoms in total. The minimum atomic E-state index is 0.210. The van der Waals surface area contributed by atoms with Gasteiger partial charge < -0.3 is 4.90 Å². The highest BCUT2D eigenvalue weighted by molar-refractivity contribution is 6.33. The highest BCUT2D eigenvalue weighted by atomic mass is 35.5. The lowest BCUT2D eigenvalue weighted by molar-refractivity contribution is 0.682. The molecular formula is C14H16Cl2N4. The maximum atomic E-state index is 6.14. The van der Waals surface area contributed by atoms with E-state index in [0.717, 1.165) is 25.2 Å². The molecule has 0 spiro atoms. The minimum absolute atomic E-state index is 0.210. The molecule has 0 N–H and O–H groups in total. The summed E-state index contributed by atoms with van der Waals surface area (Å²) in [4.78, 5) is 14.6. The van der Waals surface area contributed by atoms with Crippen LogP contribution >= 0.6 is 23.2 Å². The molecule has 1 unspecified atom stereocenters. The van der Waals surface area contributed by atoms with Gasteiger partial charge in [0.2, 0.25) is 5.28 Å². The van der Waals surface area contributed by atoms with Crippen LogP contribution in [0.3, 0.4) is 0 Å². The van der Waals surface area contributed by atoms with Crippen LogP contribution < -0.4 is 4.90 Å². The first kappa shape index (κ1) is 15.0. The van der Waals surface area contributed by atoms with Crippen molar-refractivity contribution < 1.29 is 0 Å². The van der Waals surface area contributed by atoms with Gasteiger partial charge in [0, 0.05) is 30.9 Å². The Hall–Kier alpha value is -1.39. The molecule has 0 aliphatic carbocycles. The third-order valence-corrected chi connectivity index (χ3v) is 3.62. The van der Waals surface area contributed by atoms with E-state index in [2.05, 4.69) is 26.4 Å². The van der Waals surface area contributed by atoms with E-state index in [9.17, 15) is 0 Å². The van der Waals surface area contributed by atoms with Crippen LogP contribution in [0.5, 0.6) is 0 Å². The van der Waals surface area contributed by atoms with Gasteiger partial charge in [-0.1, -0.05) is 24.3 Å². The maximum Gasteiger partial charge on any atom is 0.224 e. The lowest BCUT2D eigenvalue weighted by Crippen LogP contribution is -2.21. The van der Waals surface area contributed by atoms with Crippen LogP contribution in [0.2, 0.25) is 10.3 Å². The molecule has 2 rings (SSSR count). The summed E-state index contributed by atoms with van der Waals surface area (Å²) in [6.45, 7) is 7.32. The average Bonchev–Trinajstić information content (AvgIpc) is 2.91. The Morgan fingerprint density at radius 2 is 2.35 bits per heavy atom. The Balaban J connectivity index is 2.18. The second-order valence-electron chi connectivity index (χ2n) is 4.46. The fourth-order valence-corrected chi connectivity index (χ4v) is 2.65. The van der Waals surface area contributed by atoms with Gasteiger partial charge in [-0.15, -0.1) is 0 Å². The minimum Gasteiger partial charge on any atom is -0.355 e. The molecule has 0 radical (unpaired) electrons. The normalized spacial score (nSPS) is 19.9. The fraction of sp³-hybridized carbons (Fsp3) is 0.357. The number of allylic oxidation sites excluding steroid dienone is 2. The van der Waals surface area contributed by atoms with E-state index in [1.165, 1.54) is 6.20 Å². The summed E-state index contributed by atoms with van der Waals surface area (Å²) in [6.07, 6.45) is 8.04. The first-order valence-electron chi connectivity index (χ1n) is 6.40. The first-order chi connectivity index (χ1) is 9.65. The van der Waals surface area contributed by atoms with Crippen molar-refractivity contribution in [3.8, 4) is 0 Å². The van der Waals surface area contributed by atoms with Crippen molar-refractivity contribution in [1.29, 1.82) is 0 Å². The summed E-state index contributed by atoms with van der Waals surface area (Å²) in [7, 11) is 0. The van der Waals surface area contributed by atoms with Gasteiger partial charge in [0.1, 0.15) is 5.02 Å². The van der Waals surface area contributed by atoms with Crippen LogP contribution in [-0.4, -0.2) is 29.3 Å². The molecule has 1 aromatic rings. The number of nitrogens with zero attached hydrogens (tertiary/aromatic N) is 4. The van der Waals surface area contributed by atoms with E-state index in [0.29, 0.717) is 16.8 Å². The summed E-state index contributed by atoms with van der Waals surface area (Å²) in [5.74, 6) is 1.03. The van der Waals surface area contributed by atoms with E-state index in [4.69, 9.17) is 23.2 Å². The predicted molar refractivity (Wildman–Crippen MR) is 84.8 cm³/mol. The molecule has 2 heterocycles. The van der Waals surface area contributed by atoms with E-state index in [1.807, 2.05) is 13.0 Å². The van der Waals surface area contributed by atoms with Gasteiger partial charge in [0.05, 0.1) is 6.20 Å². The van der Waals surface area contributed by atoms with Gasteiger partial charge in [-0.3, -0.25) is 4.99 Å². The molecule has 0 aromatic carbocycles. The van der Waals surface area contributed by atoms with Gasteiger partial charge in [0.15, 0.2) is 5.82 Å². The second-order valence-corrected chi connectivity index (χ2v) is 5.20. The zero-order valence-corrected chi connectivity index (χ0v) is 12.8. The number of halogens is 2. The summed E-state index contributed by atoms with van der Waals surface area (Å²) >= 11 is 12.0. The van der Waals surface area contributed by atoms with Crippen LogP contribution in [0, 0.1) is 5.92 Å². The zero-order chi connectivity index (χ0) is 14.5. The van der Waals surface area contributed by atoms with Crippen molar-refractivity contribution in [2.45, 2.75) is 13.3 Å². The van der Waals surface area contributed by atoms with Crippen LogP contribution in [0.4, 0.5) is 5.82 Å². The molecule has 1 saturated heterocycles. The number of rotatable bonds is 4. The van der Waals surface area contributed by atoms with Gasteiger partial charge in [0.25, 0.3) is 0 Å². The number of anilines is 1. The van der Waals surface area contributed by atoms with E-state index >= 15 is 0 Å². The number of hydrogen-bond donors (Lipinski definition) is 0. The number of aliphatic imine (C=N–C) groups is 1. The Morgan fingerprint density at radius 1 is 1.55 bits per heavy atom. The smallest absolute Gasteiger partial charge is 0.224 e. The molecule has 6 heteroatoms. The van der Waals surface area contributed by atoms with E-state index in [-0.39, 0.29) is 5.28 Å². The fourth-order valence-electron chi connectivity index (χ4n) is 2.31. The van der Waals surface area contributed by atoms with Crippen molar-refractivity contribution >= 4 is 35.2 Å². The maximum absolute atomic E-state index is 6.14. The Labute approximate surface area is 128 Å². The third kappa shape index (κ3) is 3.38. The molecule has 1 aliphatic rings. The van der Waals surface area contributed by atoms with Gasteiger partial charge in [-0.25, -0.2) is 4.98 Å². The monoisotopic (exact) mass is 310 g/mol. The van der Waals surface area contributed by atoms with Gasteiger partial charge in [-0.05, 0) is 31.0 Å². The molecule has 0 saturated carbocycles. The standard InChI is InChI=1S/C14H16Cl2N4/c1-3-5-12(17-4-2)10-6-7-20(9-10)13-11(15)8-18-14(16)19-13/h3-5,8,10H,1,6-7,9H2,2H3/b12-5-,17-4?. The van der Waals surface area contributed by atoms with Crippen LogP contribution in [0.1, 0.15) is 13.3 Å². The Bertz CT molecular complexity index is 554. The summed E-state index contributed by atoms with van der Waals surface area (Å²) in [6, 6.07) is 0. The van der Waals surface area contributed by atoms with Crippen molar-refractivity contribution in [1.82, 2.24) is 9.97 Å². The molecule has 0 amide bonds. The van der Waals surface area contributed by atoms with E-state index < -0.39 is 0 Å². The van der Waals surface area contributed by atoms with E-state index in [1.54, 1.807) is 12.3 Å². The molecule has 1 atom stereocenters. The molecule has 1 fully saturated rings. The lowest BCUT2D eigenvalue weighted by Gasteiger charge is -2.18. The highest BCUT2D eigenvalue weighted by Crippen LogP contribution is 2.32. The van der Waals surface area contributed by atoms with Crippen molar-refractivity contribution in [2.24, 2.45) is 10.9 Å². The summed E-state index contributed by atoms with van der Waals surface area (Å²) < 4.78 is 0. The SMILES string of the molecule is C=C/C=C(\N=CC)C1CCN(c2nc(Cl)ncc2Cl)C1. The van der Waals surface area contributed by atoms with Crippen LogP contribution in [-0.2, 0) is 0 Å². The van der Waals surface area contributed by atoms with Crippen LogP contribution in [0.15, 0.2) is 35.6 Å². The lowest BCUT2D eigenvalue weighted by atomic mass is 10.0. The largest absolute Gasteiger partial charge is 0.355 e. The Kier molecular flexibility index (Phi) is 5.15. The van der Waals surface area contributed by atoms with Gasteiger partial charge in [-0.2, -0.15) is 4.98 Å². The molecule has 1 aromatic heterocycles. The molecule has 106 valence electrons. The molecular weight excluding hydrogens is 295 g/mol. The number of hydrogen-bond acceptors (Lipinski definition) is 4. The topological polar surface area (TPSA) is 41.4 Å². The van der Waals surface area contributed by atoms with Crippen molar-refractivity contribution in [2.75, 3.05) is 18.0 Å². The highest BCUT2D eigenvalue weighted by Gasteiger charge is 2.27. The predicted octanol–water partition coefficient (Wildman–Crippen LogP) is 3.77. The second kappa shape index (κ2) is 6.86. The van der Waals surface area contributed by atoms with Crippen LogP contribution in [0.25, 0.3) is 0 Å². The summed E-state index contributed by atoms with van der Waals surface area (Å²) in [5, 5.41) is 0.726.